The average Bonchev–Trinajstić information content (AvgIpc) is 2.92. The van der Waals surface area contributed by atoms with Crippen LogP contribution in [0.5, 0.6) is 0 Å². The van der Waals surface area contributed by atoms with Crippen molar-refractivity contribution in [1.29, 1.82) is 0 Å². The Morgan fingerprint density at radius 1 is 0.974 bits per heavy atom. The number of likely N-dealkylation sites (tertiary alicyclic amines) is 1. The maximum Gasteiger partial charge on any atom is 0.416 e. The van der Waals surface area contributed by atoms with E-state index in [0.717, 1.165) is 36.6 Å². The van der Waals surface area contributed by atoms with Crippen LogP contribution in [0, 0.1) is 5.41 Å². The van der Waals surface area contributed by atoms with Crippen LogP contribution in [0.4, 0.5) is 19.0 Å². The van der Waals surface area contributed by atoms with Gasteiger partial charge in [0, 0.05) is 37.2 Å². The van der Waals surface area contributed by atoms with Crippen LogP contribution >= 0.6 is 0 Å². The Hall–Kier alpha value is -3.49. The lowest BCUT2D eigenvalue weighted by atomic mass is 9.74. The number of hydrogen-bond acceptors (Lipinski definition) is 5. The van der Waals surface area contributed by atoms with Gasteiger partial charge in [-0.3, -0.25) is 9.69 Å². The highest BCUT2D eigenvalue weighted by atomic mass is 19.4. The molecule has 0 spiro atoms. The van der Waals surface area contributed by atoms with E-state index in [1.54, 1.807) is 0 Å². The molecule has 204 valence electrons. The van der Waals surface area contributed by atoms with Gasteiger partial charge in [-0.1, -0.05) is 62.4 Å². The number of carbonyl (C=O) groups is 1. The van der Waals surface area contributed by atoms with Gasteiger partial charge in [0.1, 0.15) is 5.82 Å². The van der Waals surface area contributed by atoms with Gasteiger partial charge in [-0.2, -0.15) is 13.2 Å². The van der Waals surface area contributed by atoms with Gasteiger partial charge in [0.15, 0.2) is 5.78 Å². The van der Waals surface area contributed by atoms with Gasteiger partial charge in [0.25, 0.3) is 0 Å². The van der Waals surface area contributed by atoms with E-state index in [0.29, 0.717) is 43.1 Å². The van der Waals surface area contributed by atoms with Crippen LogP contribution in [0.1, 0.15) is 42.3 Å². The largest absolute Gasteiger partial charge is 0.416 e. The van der Waals surface area contributed by atoms with E-state index >= 15 is 0 Å². The molecule has 0 radical (unpaired) electrons. The molecule has 0 aliphatic carbocycles. The third kappa shape index (κ3) is 6.07. The van der Waals surface area contributed by atoms with Gasteiger partial charge in [0.05, 0.1) is 30.5 Å². The van der Waals surface area contributed by atoms with Gasteiger partial charge < -0.3 is 9.64 Å². The summed E-state index contributed by atoms with van der Waals surface area (Å²) in [5, 5.41) is 0. The number of anilines is 1. The molecule has 1 unspecified atom stereocenters. The molecule has 2 saturated heterocycles. The lowest BCUT2D eigenvalue weighted by Crippen LogP contribution is -2.49. The highest BCUT2D eigenvalue weighted by molar-refractivity contribution is 6.05. The lowest BCUT2D eigenvalue weighted by molar-refractivity contribution is -0.137. The van der Waals surface area contributed by atoms with Gasteiger partial charge in [-0.15, -0.1) is 0 Å². The Balaban J connectivity index is 1.59. The summed E-state index contributed by atoms with van der Waals surface area (Å²) in [6.07, 6.45) is -2.62. The number of ether oxygens (including phenoxy) is 1. The number of Topliss-reactive ketones (excluding diaryl/α,β-unsaturated/α-hetero) is 1. The van der Waals surface area contributed by atoms with E-state index in [4.69, 9.17) is 9.72 Å². The summed E-state index contributed by atoms with van der Waals surface area (Å²) in [5.74, 6) is 0.776. The molecule has 0 N–H and O–H groups in total. The van der Waals surface area contributed by atoms with Crippen LogP contribution in [-0.4, -0.2) is 48.5 Å². The highest BCUT2D eigenvalue weighted by Gasteiger charge is 2.44. The number of benzene rings is 2. The molecule has 3 aromatic rings. The molecule has 1 aromatic heterocycles. The summed E-state index contributed by atoms with van der Waals surface area (Å²) in [6, 6.07) is 20.2. The van der Waals surface area contributed by atoms with Crippen molar-refractivity contribution in [3.8, 4) is 0 Å². The monoisotopic (exact) mass is 535 g/mol. The fourth-order valence-electron chi connectivity index (χ4n) is 5.38. The number of morpholine rings is 1. The highest BCUT2D eigenvalue weighted by Crippen LogP contribution is 2.43. The number of piperidine rings is 1. The Morgan fingerprint density at radius 3 is 2.33 bits per heavy atom. The predicted molar refractivity (Wildman–Crippen MR) is 145 cm³/mol. The maximum atomic E-state index is 13.9. The molecule has 39 heavy (non-hydrogen) atoms. The predicted octanol–water partition coefficient (Wildman–Crippen LogP) is 6.17. The van der Waals surface area contributed by atoms with Crippen molar-refractivity contribution in [3.05, 3.63) is 101 Å². The average molecular weight is 536 g/mol. The van der Waals surface area contributed by atoms with E-state index < -0.39 is 23.2 Å². The third-order valence-electron chi connectivity index (χ3n) is 7.31. The molecule has 0 amide bonds. The Bertz CT molecular complexity index is 1330. The minimum absolute atomic E-state index is 0.0321. The van der Waals surface area contributed by atoms with Gasteiger partial charge in [0.2, 0.25) is 0 Å². The molecule has 0 saturated carbocycles. The van der Waals surface area contributed by atoms with Crippen LogP contribution in [0.15, 0.2) is 78.4 Å². The first-order valence-electron chi connectivity index (χ1n) is 13.1. The molecule has 0 bridgehead atoms. The van der Waals surface area contributed by atoms with Crippen LogP contribution in [0.25, 0.3) is 6.08 Å². The number of alkyl halides is 3. The summed E-state index contributed by atoms with van der Waals surface area (Å²) in [5.41, 5.74) is 1.45. The van der Waals surface area contributed by atoms with Crippen molar-refractivity contribution in [2.75, 3.05) is 37.7 Å². The number of nitrogens with zero attached hydrogens (tertiary/aromatic N) is 3. The van der Waals surface area contributed by atoms with E-state index in [9.17, 15) is 18.0 Å². The van der Waals surface area contributed by atoms with Crippen molar-refractivity contribution in [2.45, 2.75) is 32.6 Å². The number of hydrogen-bond donors (Lipinski definition) is 0. The smallest absolute Gasteiger partial charge is 0.378 e. The molecule has 3 heterocycles. The first-order valence-corrected chi connectivity index (χ1v) is 13.1. The Kier molecular flexibility index (Phi) is 7.60. The molecular formula is C31H32F3N3O2. The molecule has 8 heteroatoms. The standard InChI is InChI=1S/C31H32F3N3O2/c1-30(2)21-37(20-22-7-4-3-5-8-22)28(23-11-13-24(14-12-23)31(32,33)34)26(29(30)38)19-25-9-6-10-27(35-25)36-15-17-39-18-16-36/h3-14,19,28H,15-18,20-21H2,1-2H3. The van der Waals surface area contributed by atoms with Crippen LogP contribution in [-0.2, 0) is 22.3 Å². The minimum Gasteiger partial charge on any atom is -0.378 e. The van der Waals surface area contributed by atoms with Crippen molar-refractivity contribution in [3.63, 3.8) is 0 Å². The summed E-state index contributed by atoms with van der Waals surface area (Å²) in [6.45, 7) is 7.57. The van der Waals surface area contributed by atoms with Crippen molar-refractivity contribution < 1.29 is 22.7 Å². The molecule has 5 nitrogen and oxygen atoms in total. The number of aromatic nitrogens is 1. The SMILES string of the molecule is CC1(C)CN(Cc2ccccc2)C(c2ccc(C(F)(F)F)cc2)C(=Cc2cccc(N3CCOCC3)n2)C1=O. The van der Waals surface area contributed by atoms with Crippen molar-refractivity contribution in [1.82, 2.24) is 9.88 Å². The molecule has 1 atom stereocenters. The van der Waals surface area contributed by atoms with E-state index in [1.165, 1.54) is 12.1 Å². The molecule has 2 aliphatic rings. The quantitative estimate of drug-likeness (QED) is 0.366. The normalized spacial score (nSPS) is 21.4. The topological polar surface area (TPSA) is 45.7 Å². The van der Waals surface area contributed by atoms with Crippen LogP contribution in [0.2, 0.25) is 0 Å². The first kappa shape index (κ1) is 27.1. The molecular weight excluding hydrogens is 503 g/mol. The summed E-state index contributed by atoms with van der Waals surface area (Å²) in [7, 11) is 0. The lowest BCUT2D eigenvalue weighted by Gasteiger charge is -2.44. The fourth-order valence-corrected chi connectivity index (χ4v) is 5.38. The Labute approximate surface area is 226 Å². The maximum absolute atomic E-state index is 13.9. The van der Waals surface area contributed by atoms with Crippen molar-refractivity contribution >= 4 is 17.7 Å². The zero-order valence-corrected chi connectivity index (χ0v) is 22.1. The summed E-state index contributed by atoms with van der Waals surface area (Å²) < 4.78 is 45.5. The van der Waals surface area contributed by atoms with Gasteiger partial charge >= 0.3 is 6.18 Å². The third-order valence-corrected chi connectivity index (χ3v) is 7.31. The minimum atomic E-state index is -4.44. The molecule has 2 fully saturated rings. The summed E-state index contributed by atoms with van der Waals surface area (Å²) in [4.78, 5) is 23.1. The number of rotatable bonds is 5. The second kappa shape index (κ2) is 10.9. The van der Waals surface area contributed by atoms with E-state index in [-0.39, 0.29) is 5.78 Å². The molecule has 2 aliphatic heterocycles. The zero-order valence-electron chi connectivity index (χ0n) is 22.1. The molecule has 5 rings (SSSR count). The Morgan fingerprint density at radius 2 is 1.67 bits per heavy atom. The molecule has 2 aromatic carbocycles. The number of pyridine rings is 1. The number of halogens is 3. The fraction of sp³-hybridized carbons (Fsp3) is 0.355. The number of carbonyl (C=O) groups excluding carboxylic acids is 1. The van der Waals surface area contributed by atoms with Crippen LogP contribution < -0.4 is 4.90 Å². The zero-order chi connectivity index (χ0) is 27.6. The van der Waals surface area contributed by atoms with E-state index in [2.05, 4.69) is 9.80 Å². The van der Waals surface area contributed by atoms with Crippen LogP contribution in [0.3, 0.4) is 0 Å². The van der Waals surface area contributed by atoms with Gasteiger partial charge in [-0.25, -0.2) is 4.98 Å². The van der Waals surface area contributed by atoms with E-state index in [1.807, 2.05) is 68.5 Å². The van der Waals surface area contributed by atoms with Gasteiger partial charge in [-0.05, 0) is 41.5 Å². The second-order valence-electron chi connectivity index (χ2n) is 10.7. The summed E-state index contributed by atoms with van der Waals surface area (Å²) >= 11 is 0. The second-order valence-corrected chi connectivity index (χ2v) is 10.7. The van der Waals surface area contributed by atoms with Crippen molar-refractivity contribution in [2.24, 2.45) is 5.41 Å². The first-order chi connectivity index (χ1) is 18.6. The number of ketones is 1.